The van der Waals surface area contributed by atoms with Crippen molar-refractivity contribution in [1.82, 2.24) is 4.90 Å². The van der Waals surface area contributed by atoms with Crippen molar-refractivity contribution in [2.45, 2.75) is 82.8 Å². The van der Waals surface area contributed by atoms with Gasteiger partial charge in [-0.25, -0.2) is 0 Å². The molecule has 256 valence electrons. The van der Waals surface area contributed by atoms with Gasteiger partial charge in [0.05, 0.1) is 24.1 Å². The van der Waals surface area contributed by atoms with Crippen molar-refractivity contribution < 1.29 is 9.22 Å². The number of piperidine rings is 1. The van der Waals surface area contributed by atoms with Gasteiger partial charge in [0.15, 0.2) is 0 Å². The lowest BCUT2D eigenvalue weighted by Crippen LogP contribution is -2.68. The third-order valence-corrected chi connectivity index (χ3v) is 16.6. The first kappa shape index (κ1) is 35.7. The number of allylic oxidation sites excluding steroid dienone is 1. The molecule has 1 saturated heterocycles. The minimum absolute atomic E-state index is 0.0200. The third kappa shape index (κ3) is 6.95. The first-order chi connectivity index (χ1) is 23.5. The molecule has 1 aliphatic carbocycles. The molecule has 1 saturated carbocycles. The highest BCUT2D eigenvalue weighted by atomic mass is 35.5. The maximum Gasteiger partial charge on any atom is 0.261 e. The molecule has 0 N–H and O–H groups in total. The van der Waals surface area contributed by atoms with E-state index in [0.29, 0.717) is 35.4 Å². The van der Waals surface area contributed by atoms with Crippen LogP contribution in [0, 0.1) is 11.3 Å². The SMILES string of the molecule is C=CCC1(CC)C[C@H](c2cccc(Cl)c2)[C@@H](c2ccc(Cl)cc2)N([C@H](CO[Si](c2ccccc2)(c2ccccc2)C(C)(C)C)C2CC2)C1=O. The van der Waals surface area contributed by atoms with E-state index in [1.165, 1.54) is 10.4 Å². The van der Waals surface area contributed by atoms with Gasteiger partial charge < -0.3 is 9.33 Å². The number of likely N-dealkylation sites (tertiary alicyclic amines) is 1. The van der Waals surface area contributed by atoms with Gasteiger partial charge in [-0.05, 0) is 88.8 Å². The summed E-state index contributed by atoms with van der Waals surface area (Å²) in [7, 11) is -2.86. The van der Waals surface area contributed by atoms with Crippen LogP contribution in [-0.2, 0) is 9.22 Å². The van der Waals surface area contributed by atoms with E-state index >= 15 is 4.79 Å². The van der Waals surface area contributed by atoms with Crippen LogP contribution in [0.25, 0.3) is 0 Å². The highest BCUT2D eigenvalue weighted by Crippen LogP contribution is 2.55. The quantitative estimate of drug-likeness (QED) is 0.108. The first-order valence-electron chi connectivity index (χ1n) is 17.7. The Hall–Kier alpha value is -3.15. The summed E-state index contributed by atoms with van der Waals surface area (Å²) in [6.07, 6.45) is 6.15. The van der Waals surface area contributed by atoms with E-state index in [1.807, 2.05) is 30.3 Å². The Morgan fingerprint density at radius 1 is 0.878 bits per heavy atom. The largest absolute Gasteiger partial charge is 0.405 e. The predicted octanol–water partition coefficient (Wildman–Crippen LogP) is 10.4. The van der Waals surface area contributed by atoms with Gasteiger partial charge in [-0.3, -0.25) is 4.79 Å². The number of carbonyl (C=O) groups excluding carboxylic acids is 1. The highest BCUT2D eigenvalue weighted by Gasteiger charge is 2.56. The van der Waals surface area contributed by atoms with Crippen molar-refractivity contribution in [2.75, 3.05) is 6.61 Å². The van der Waals surface area contributed by atoms with Crippen LogP contribution in [0.3, 0.4) is 0 Å². The highest BCUT2D eigenvalue weighted by molar-refractivity contribution is 6.99. The summed E-state index contributed by atoms with van der Waals surface area (Å²) in [6.45, 7) is 13.7. The van der Waals surface area contributed by atoms with Crippen molar-refractivity contribution in [3.63, 3.8) is 0 Å². The second-order valence-corrected chi connectivity index (χ2v) is 20.3. The van der Waals surface area contributed by atoms with Gasteiger partial charge in [0, 0.05) is 16.0 Å². The number of hydrogen-bond donors (Lipinski definition) is 0. The van der Waals surface area contributed by atoms with Gasteiger partial charge in [-0.15, -0.1) is 6.58 Å². The third-order valence-electron chi connectivity index (χ3n) is 11.1. The van der Waals surface area contributed by atoms with Gasteiger partial charge in [-0.1, -0.05) is 142 Å². The zero-order valence-electron chi connectivity index (χ0n) is 29.2. The van der Waals surface area contributed by atoms with Crippen molar-refractivity contribution >= 4 is 47.8 Å². The summed E-state index contributed by atoms with van der Waals surface area (Å²) in [5.74, 6) is 0.580. The lowest BCUT2D eigenvalue weighted by atomic mass is 9.65. The topological polar surface area (TPSA) is 29.5 Å². The van der Waals surface area contributed by atoms with Crippen LogP contribution in [-0.4, -0.2) is 31.8 Å². The van der Waals surface area contributed by atoms with E-state index in [2.05, 4.69) is 124 Å². The van der Waals surface area contributed by atoms with Gasteiger partial charge in [0.2, 0.25) is 5.91 Å². The van der Waals surface area contributed by atoms with Crippen LogP contribution >= 0.6 is 23.2 Å². The summed E-state index contributed by atoms with van der Waals surface area (Å²) in [5.41, 5.74) is 1.65. The molecule has 1 heterocycles. The lowest BCUT2D eigenvalue weighted by Gasteiger charge is -2.54. The minimum Gasteiger partial charge on any atom is -0.405 e. The molecule has 4 atom stereocenters. The number of nitrogens with zero attached hydrogens (tertiary/aromatic N) is 1. The van der Waals surface area contributed by atoms with Gasteiger partial charge >= 0.3 is 0 Å². The number of amides is 1. The molecule has 6 rings (SSSR count). The maximum absolute atomic E-state index is 15.4. The molecule has 3 nitrogen and oxygen atoms in total. The average molecular weight is 711 g/mol. The number of carbonyl (C=O) groups is 1. The van der Waals surface area contributed by atoms with Crippen molar-refractivity contribution in [1.29, 1.82) is 0 Å². The molecule has 0 spiro atoms. The van der Waals surface area contributed by atoms with Gasteiger partial charge in [0.25, 0.3) is 8.32 Å². The molecule has 49 heavy (non-hydrogen) atoms. The monoisotopic (exact) mass is 709 g/mol. The summed E-state index contributed by atoms with van der Waals surface area (Å²) in [4.78, 5) is 17.6. The van der Waals surface area contributed by atoms with Crippen molar-refractivity contribution in [3.05, 3.63) is 143 Å². The fraction of sp³-hybridized carbons (Fsp3) is 0.372. The number of hydrogen-bond acceptors (Lipinski definition) is 2. The fourth-order valence-electron chi connectivity index (χ4n) is 8.44. The molecule has 0 aromatic heterocycles. The molecule has 0 radical (unpaired) electrons. The smallest absolute Gasteiger partial charge is 0.261 e. The van der Waals surface area contributed by atoms with Crippen molar-refractivity contribution in [3.8, 4) is 0 Å². The van der Waals surface area contributed by atoms with E-state index in [-0.39, 0.29) is 28.9 Å². The number of halogens is 2. The minimum atomic E-state index is -2.86. The molecule has 6 heteroatoms. The lowest BCUT2D eigenvalue weighted by molar-refractivity contribution is -0.158. The van der Waals surface area contributed by atoms with E-state index in [1.54, 1.807) is 0 Å². The van der Waals surface area contributed by atoms with Gasteiger partial charge in [0.1, 0.15) is 0 Å². The Balaban J connectivity index is 1.53. The maximum atomic E-state index is 15.4. The summed E-state index contributed by atoms with van der Waals surface area (Å²) >= 11 is 13.1. The van der Waals surface area contributed by atoms with Crippen LogP contribution in [0.5, 0.6) is 0 Å². The molecule has 1 aliphatic heterocycles. The first-order valence-corrected chi connectivity index (χ1v) is 20.4. The normalized spacial score (nSPS) is 22.2. The van der Waals surface area contributed by atoms with E-state index < -0.39 is 13.7 Å². The predicted molar refractivity (Wildman–Crippen MR) is 207 cm³/mol. The molecular weight excluding hydrogens is 661 g/mol. The molecule has 4 aromatic carbocycles. The molecule has 2 fully saturated rings. The molecule has 2 aliphatic rings. The van der Waals surface area contributed by atoms with Crippen LogP contribution in [0.2, 0.25) is 15.1 Å². The van der Waals surface area contributed by atoms with Crippen LogP contribution < -0.4 is 10.4 Å². The molecular formula is C43H49Cl2NO2Si. The Bertz CT molecular complexity index is 1700. The summed E-state index contributed by atoms with van der Waals surface area (Å²) in [5, 5.41) is 3.70. The fourth-order valence-corrected chi connectivity index (χ4v) is 13.3. The zero-order valence-corrected chi connectivity index (χ0v) is 31.8. The molecule has 4 aromatic rings. The van der Waals surface area contributed by atoms with Crippen LogP contribution in [0.1, 0.15) is 82.9 Å². The van der Waals surface area contributed by atoms with Gasteiger partial charge in [-0.2, -0.15) is 0 Å². The number of benzene rings is 4. The second kappa shape index (κ2) is 14.6. The van der Waals surface area contributed by atoms with Crippen LogP contribution in [0.4, 0.5) is 0 Å². The Kier molecular flexibility index (Phi) is 10.6. The molecule has 1 unspecified atom stereocenters. The second-order valence-electron chi connectivity index (χ2n) is 15.1. The van der Waals surface area contributed by atoms with Crippen molar-refractivity contribution in [2.24, 2.45) is 11.3 Å². The molecule has 0 bridgehead atoms. The number of rotatable bonds is 12. The Morgan fingerprint density at radius 3 is 2.00 bits per heavy atom. The average Bonchev–Trinajstić information content (AvgIpc) is 3.94. The van der Waals surface area contributed by atoms with E-state index in [4.69, 9.17) is 27.6 Å². The molecule has 1 amide bonds. The summed E-state index contributed by atoms with van der Waals surface area (Å²) < 4.78 is 7.64. The van der Waals surface area contributed by atoms with E-state index in [0.717, 1.165) is 30.4 Å². The summed E-state index contributed by atoms with van der Waals surface area (Å²) in [6, 6.07) is 37.6. The Morgan fingerprint density at radius 2 is 1.49 bits per heavy atom. The van der Waals surface area contributed by atoms with E-state index in [9.17, 15) is 0 Å². The zero-order chi connectivity index (χ0) is 34.8. The Labute approximate surface area is 304 Å². The standard InChI is InChI=1S/C43H49Cl2NO2Si/c1-6-27-43(7-2)29-38(33-15-14-16-35(45)28-33)40(32-23-25-34(44)26-24-32)46(41(43)47)39(31-21-22-31)30-48-49(42(3,4)5,36-17-10-8-11-18-36)37-19-12-9-13-20-37/h6,8-20,23-26,28,31,38-40H,1,7,21-22,27,29-30H2,2-5H3/t38-,39-,40-,43?/m1/s1. The van der Waals surface area contributed by atoms with Crippen LogP contribution in [0.15, 0.2) is 122 Å².